The predicted molar refractivity (Wildman–Crippen MR) is 75.3 cm³/mol. The Morgan fingerprint density at radius 1 is 1.33 bits per heavy atom. The molecule has 1 atom stereocenters. The number of anilines is 1. The van der Waals surface area contributed by atoms with E-state index < -0.39 is 17.7 Å². The minimum atomic E-state index is -0.687. The van der Waals surface area contributed by atoms with Gasteiger partial charge in [-0.1, -0.05) is 6.07 Å². The van der Waals surface area contributed by atoms with Crippen LogP contribution in [-0.4, -0.2) is 10.9 Å². The summed E-state index contributed by atoms with van der Waals surface area (Å²) in [6.45, 7) is 1.63. The van der Waals surface area contributed by atoms with Crippen LogP contribution in [0.5, 0.6) is 0 Å². The number of aromatic nitrogens is 1. The fourth-order valence-corrected chi connectivity index (χ4v) is 1.93. The van der Waals surface area contributed by atoms with Crippen LogP contribution in [-0.2, 0) is 11.2 Å². The predicted octanol–water partition coefficient (Wildman–Crippen LogP) is 2.36. The smallest absolute Gasteiger partial charge is 0.226 e. The van der Waals surface area contributed by atoms with E-state index in [0.29, 0.717) is 11.4 Å². The summed E-state index contributed by atoms with van der Waals surface area (Å²) >= 11 is 0. The Kier molecular flexibility index (Phi) is 4.47. The van der Waals surface area contributed by atoms with Gasteiger partial charge in [0.05, 0.1) is 24.3 Å². The minimum absolute atomic E-state index is 0.0629. The third kappa shape index (κ3) is 3.98. The number of amides is 1. The molecule has 0 bridgehead atoms. The van der Waals surface area contributed by atoms with Crippen LogP contribution >= 0.6 is 0 Å². The van der Waals surface area contributed by atoms with Gasteiger partial charge in [0.1, 0.15) is 11.6 Å². The molecule has 2 aromatic rings. The van der Waals surface area contributed by atoms with E-state index >= 15 is 0 Å². The molecule has 21 heavy (non-hydrogen) atoms. The highest BCUT2D eigenvalue weighted by atomic mass is 19.1. The van der Waals surface area contributed by atoms with Crippen LogP contribution in [0.1, 0.15) is 24.2 Å². The number of pyridine rings is 1. The molecule has 1 aromatic carbocycles. The van der Waals surface area contributed by atoms with Crippen molar-refractivity contribution >= 4 is 11.6 Å². The van der Waals surface area contributed by atoms with Crippen molar-refractivity contribution in [2.75, 3.05) is 5.73 Å². The highest BCUT2D eigenvalue weighted by Crippen LogP contribution is 2.17. The van der Waals surface area contributed by atoms with Crippen molar-refractivity contribution in [3.05, 3.63) is 59.4 Å². The maximum absolute atomic E-state index is 13.6. The topological polar surface area (TPSA) is 68.0 Å². The summed E-state index contributed by atoms with van der Waals surface area (Å²) in [4.78, 5) is 15.9. The molecule has 0 aliphatic carbocycles. The molecule has 0 radical (unpaired) electrons. The second-order valence-electron chi connectivity index (χ2n) is 4.71. The molecule has 3 N–H and O–H groups in total. The van der Waals surface area contributed by atoms with Gasteiger partial charge < -0.3 is 11.1 Å². The lowest BCUT2D eigenvalue weighted by Crippen LogP contribution is -2.29. The summed E-state index contributed by atoms with van der Waals surface area (Å²) in [7, 11) is 0. The molecule has 4 nitrogen and oxygen atoms in total. The zero-order valence-electron chi connectivity index (χ0n) is 11.4. The van der Waals surface area contributed by atoms with E-state index in [4.69, 9.17) is 5.73 Å². The Balaban J connectivity index is 2.00. The standard InChI is InChI=1S/C15H15F2N3O/c1-9(13-5-2-10(16)6-14(13)17)20-15(21)7-12-4-3-11(18)8-19-12/h2-6,8-9H,7,18H2,1H3,(H,20,21). The molecule has 0 saturated heterocycles. The molecular weight excluding hydrogens is 276 g/mol. The number of nitrogens with zero attached hydrogens (tertiary/aromatic N) is 1. The summed E-state index contributed by atoms with van der Waals surface area (Å²) in [5.74, 6) is -1.64. The molecule has 110 valence electrons. The van der Waals surface area contributed by atoms with Gasteiger partial charge in [0.25, 0.3) is 0 Å². The third-order valence-corrected chi connectivity index (χ3v) is 3.00. The maximum atomic E-state index is 13.6. The first-order valence-electron chi connectivity index (χ1n) is 6.40. The number of nitrogens with one attached hydrogen (secondary N) is 1. The summed E-state index contributed by atoms with van der Waals surface area (Å²) in [6.07, 6.45) is 1.53. The molecule has 1 heterocycles. The normalized spacial score (nSPS) is 12.0. The SMILES string of the molecule is CC(NC(=O)Cc1ccc(N)cn1)c1ccc(F)cc1F. The lowest BCUT2D eigenvalue weighted by Gasteiger charge is -2.15. The van der Waals surface area contributed by atoms with Crippen molar-refractivity contribution in [3.63, 3.8) is 0 Å². The van der Waals surface area contributed by atoms with Gasteiger partial charge in [0, 0.05) is 17.3 Å². The van der Waals surface area contributed by atoms with E-state index in [1.165, 1.54) is 12.3 Å². The van der Waals surface area contributed by atoms with Gasteiger partial charge in [0.15, 0.2) is 0 Å². The number of benzene rings is 1. The van der Waals surface area contributed by atoms with Gasteiger partial charge in [0.2, 0.25) is 5.91 Å². The van der Waals surface area contributed by atoms with Gasteiger partial charge in [-0.05, 0) is 25.1 Å². The molecule has 0 saturated carbocycles. The Labute approximate surface area is 121 Å². The second kappa shape index (κ2) is 6.30. The Hall–Kier alpha value is -2.50. The zero-order valence-corrected chi connectivity index (χ0v) is 11.4. The van der Waals surface area contributed by atoms with Gasteiger partial charge in [-0.2, -0.15) is 0 Å². The Bertz CT molecular complexity index is 644. The highest BCUT2D eigenvalue weighted by Gasteiger charge is 2.14. The largest absolute Gasteiger partial charge is 0.397 e. The quantitative estimate of drug-likeness (QED) is 0.908. The first-order valence-corrected chi connectivity index (χ1v) is 6.40. The van der Waals surface area contributed by atoms with E-state index in [2.05, 4.69) is 10.3 Å². The fraction of sp³-hybridized carbons (Fsp3) is 0.200. The molecular formula is C15H15F2N3O. The van der Waals surface area contributed by atoms with E-state index in [-0.39, 0.29) is 17.9 Å². The van der Waals surface area contributed by atoms with Crippen LogP contribution in [0.25, 0.3) is 0 Å². The van der Waals surface area contributed by atoms with Crippen molar-refractivity contribution in [2.45, 2.75) is 19.4 Å². The second-order valence-corrected chi connectivity index (χ2v) is 4.71. The summed E-state index contributed by atoms with van der Waals surface area (Å²) in [5.41, 5.74) is 6.82. The van der Waals surface area contributed by atoms with E-state index in [9.17, 15) is 13.6 Å². The van der Waals surface area contributed by atoms with Crippen LogP contribution < -0.4 is 11.1 Å². The lowest BCUT2D eigenvalue weighted by molar-refractivity contribution is -0.121. The van der Waals surface area contributed by atoms with Gasteiger partial charge in [-0.15, -0.1) is 0 Å². The van der Waals surface area contributed by atoms with Crippen molar-refractivity contribution in [1.82, 2.24) is 10.3 Å². The summed E-state index contributed by atoms with van der Waals surface area (Å²) < 4.78 is 26.5. The molecule has 0 aliphatic rings. The number of halogens is 2. The minimum Gasteiger partial charge on any atom is -0.397 e. The molecule has 0 aliphatic heterocycles. The van der Waals surface area contributed by atoms with E-state index in [1.54, 1.807) is 19.1 Å². The average Bonchev–Trinajstić information content (AvgIpc) is 2.41. The number of rotatable bonds is 4. The molecule has 1 aromatic heterocycles. The average molecular weight is 291 g/mol. The fourth-order valence-electron chi connectivity index (χ4n) is 1.93. The van der Waals surface area contributed by atoms with Gasteiger partial charge in [-0.3, -0.25) is 9.78 Å². The summed E-state index contributed by atoms with van der Waals surface area (Å²) in [5, 5.41) is 2.65. The number of nitrogen functional groups attached to an aromatic ring is 1. The van der Waals surface area contributed by atoms with Crippen LogP contribution in [0, 0.1) is 11.6 Å². The first-order chi connectivity index (χ1) is 9.95. The Morgan fingerprint density at radius 3 is 2.71 bits per heavy atom. The zero-order chi connectivity index (χ0) is 15.4. The number of carbonyl (C=O) groups is 1. The number of carbonyl (C=O) groups excluding carboxylic acids is 1. The monoisotopic (exact) mass is 291 g/mol. The highest BCUT2D eigenvalue weighted by molar-refractivity contribution is 5.78. The number of hydrogen-bond donors (Lipinski definition) is 2. The van der Waals surface area contributed by atoms with Crippen LogP contribution in [0.2, 0.25) is 0 Å². The van der Waals surface area contributed by atoms with E-state index in [1.807, 2.05) is 0 Å². The Morgan fingerprint density at radius 2 is 2.10 bits per heavy atom. The molecule has 0 fully saturated rings. The molecule has 6 heteroatoms. The van der Waals surface area contributed by atoms with Gasteiger partial charge >= 0.3 is 0 Å². The van der Waals surface area contributed by atoms with Crippen molar-refractivity contribution in [1.29, 1.82) is 0 Å². The van der Waals surface area contributed by atoms with Crippen molar-refractivity contribution < 1.29 is 13.6 Å². The number of nitrogens with two attached hydrogens (primary N) is 1. The van der Waals surface area contributed by atoms with E-state index in [0.717, 1.165) is 12.1 Å². The van der Waals surface area contributed by atoms with Crippen LogP contribution in [0.4, 0.5) is 14.5 Å². The van der Waals surface area contributed by atoms with Crippen LogP contribution in [0.3, 0.4) is 0 Å². The van der Waals surface area contributed by atoms with Crippen molar-refractivity contribution in [3.8, 4) is 0 Å². The van der Waals surface area contributed by atoms with Crippen molar-refractivity contribution in [2.24, 2.45) is 0 Å². The molecule has 0 spiro atoms. The van der Waals surface area contributed by atoms with Gasteiger partial charge in [-0.25, -0.2) is 8.78 Å². The third-order valence-electron chi connectivity index (χ3n) is 3.00. The molecule has 2 rings (SSSR count). The summed E-state index contributed by atoms with van der Waals surface area (Å²) in [6, 6.07) is 6.00. The maximum Gasteiger partial charge on any atom is 0.226 e. The first kappa shape index (κ1) is 14.9. The number of hydrogen-bond acceptors (Lipinski definition) is 3. The lowest BCUT2D eigenvalue weighted by atomic mass is 10.1. The van der Waals surface area contributed by atoms with Crippen LogP contribution in [0.15, 0.2) is 36.5 Å². The molecule has 1 amide bonds. The molecule has 1 unspecified atom stereocenters.